The molecule has 0 spiro atoms. The van der Waals surface area contributed by atoms with Crippen molar-refractivity contribution in [2.75, 3.05) is 5.32 Å². The Morgan fingerprint density at radius 2 is 2.05 bits per heavy atom. The smallest absolute Gasteiger partial charge is 0.292 e. The van der Waals surface area contributed by atoms with Crippen LogP contribution in [-0.2, 0) is 0 Å². The van der Waals surface area contributed by atoms with Gasteiger partial charge in [-0.3, -0.25) is 9.89 Å². The summed E-state index contributed by atoms with van der Waals surface area (Å²) < 4.78 is 0. The highest BCUT2D eigenvalue weighted by Crippen LogP contribution is 2.18. The van der Waals surface area contributed by atoms with Gasteiger partial charge in [-0.1, -0.05) is 12.1 Å². The van der Waals surface area contributed by atoms with Crippen LogP contribution in [0.25, 0.3) is 11.3 Å². The average molecular weight is 254 g/mol. The van der Waals surface area contributed by atoms with Crippen LogP contribution in [0.2, 0.25) is 0 Å². The fourth-order valence-electron chi connectivity index (χ4n) is 1.65. The van der Waals surface area contributed by atoms with E-state index in [0.717, 1.165) is 11.3 Å². The number of nitrogens with zero attached hydrogens (tertiary/aromatic N) is 3. The second kappa shape index (κ2) is 4.73. The molecule has 1 amide bonds. The first-order valence-corrected chi connectivity index (χ1v) is 5.58. The van der Waals surface area contributed by atoms with E-state index in [1.807, 2.05) is 24.3 Å². The molecule has 0 aliphatic carbocycles. The summed E-state index contributed by atoms with van der Waals surface area (Å²) in [6.45, 7) is 0. The largest absolute Gasteiger partial charge is 0.345 e. The summed E-state index contributed by atoms with van der Waals surface area (Å²) in [6, 6.07) is 7.40. The molecule has 0 bridgehead atoms. The predicted octanol–water partition coefficient (Wildman–Crippen LogP) is 1.45. The summed E-state index contributed by atoms with van der Waals surface area (Å²) in [5.74, 6) is -0.149. The lowest BCUT2D eigenvalue weighted by Gasteiger charge is -2.04. The summed E-state index contributed by atoms with van der Waals surface area (Å²) in [5.41, 5.74) is 2.60. The van der Waals surface area contributed by atoms with E-state index in [4.69, 9.17) is 0 Å². The molecule has 0 fully saturated rings. The normalized spacial score (nSPS) is 10.3. The zero-order valence-electron chi connectivity index (χ0n) is 9.79. The summed E-state index contributed by atoms with van der Waals surface area (Å²) in [4.78, 5) is 22.5. The summed E-state index contributed by atoms with van der Waals surface area (Å²) >= 11 is 0. The number of imidazole rings is 1. The topological polar surface area (TPSA) is 99.3 Å². The molecule has 1 aromatic carbocycles. The molecule has 3 N–H and O–H groups in total. The predicted molar refractivity (Wildman–Crippen MR) is 68.4 cm³/mol. The molecule has 0 unspecified atom stereocenters. The van der Waals surface area contributed by atoms with Crippen molar-refractivity contribution in [1.82, 2.24) is 25.1 Å². The van der Waals surface area contributed by atoms with E-state index < -0.39 is 0 Å². The maximum Gasteiger partial charge on any atom is 0.292 e. The van der Waals surface area contributed by atoms with Crippen molar-refractivity contribution in [2.45, 2.75) is 0 Å². The van der Waals surface area contributed by atoms with E-state index in [1.165, 1.54) is 6.33 Å². The fourth-order valence-corrected chi connectivity index (χ4v) is 1.65. The number of anilines is 1. The first-order valence-electron chi connectivity index (χ1n) is 5.58. The molecule has 0 atom stereocenters. The highest BCUT2D eigenvalue weighted by Gasteiger charge is 2.08. The first-order chi connectivity index (χ1) is 9.33. The van der Waals surface area contributed by atoms with Gasteiger partial charge in [-0.15, -0.1) is 0 Å². The lowest BCUT2D eigenvalue weighted by molar-refractivity contribution is 0.101. The van der Waals surface area contributed by atoms with Crippen LogP contribution in [0.4, 0.5) is 5.69 Å². The van der Waals surface area contributed by atoms with Gasteiger partial charge in [0.25, 0.3) is 5.91 Å². The van der Waals surface area contributed by atoms with Gasteiger partial charge >= 0.3 is 0 Å². The maximum atomic E-state index is 11.7. The Hall–Kier alpha value is -2.96. The first kappa shape index (κ1) is 11.1. The second-order valence-electron chi connectivity index (χ2n) is 3.83. The Bertz CT molecular complexity index is 657. The number of nitrogens with one attached hydrogen (secondary N) is 3. The number of aromatic nitrogens is 5. The molecular weight excluding hydrogens is 244 g/mol. The number of aromatic amines is 2. The number of amides is 1. The number of hydrogen-bond acceptors (Lipinski definition) is 4. The summed E-state index contributed by atoms with van der Waals surface area (Å²) in [6.07, 6.45) is 4.65. The molecule has 7 heteroatoms. The molecule has 94 valence electrons. The van der Waals surface area contributed by atoms with Crippen molar-refractivity contribution >= 4 is 11.6 Å². The van der Waals surface area contributed by atoms with Gasteiger partial charge in [0.1, 0.15) is 6.33 Å². The molecule has 3 aromatic rings. The number of carbonyl (C=O) groups is 1. The highest BCUT2D eigenvalue weighted by molar-refractivity contribution is 6.01. The molecule has 19 heavy (non-hydrogen) atoms. The van der Waals surface area contributed by atoms with Gasteiger partial charge in [-0.25, -0.2) is 9.97 Å². The van der Waals surface area contributed by atoms with Gasteiger partial charge in [-0.05, 0) is 17.7 Å². The minimum absolute atomic E-state index is 0.178. The van der Waals surface area contributed by atoms with E-state index in [0.29, 0.717) is 5.69 Å². The maximum absolute atomic E-state index is 11.7. The molecule has 0 aliphatic heterocycles. The second-order valence-corrected chi connectivity index (χ2v) is 3.83. The highest BCUT2D eigenvalue weighted by atomic mass is 16.2. The zero-order valence-corrected chi connectivity index (χ0v) is 9.79. The third-order valence-electron chi connectivity index (χ3n) is 2.58. The van der Waals surface area contributed by atoms with Crippen LogP contribution < -0.4 is 5.32 Å². The minimum atomic E-state index is -0.327. The number of rotatable bonds is 3. The number of benzene rings is 1. The van der Waals surface area contributed by atoms with Crippen molar-refractivity contribution in [3.05, 3.63) is 48.9 Å². The van der Waals surface area contributed by atoms with E-state index in [2.05, 4.69) is 30.5 Å². The van der Waals surface area contributed by atoms with Crippen LogP contribution in [0.3, 0.4) is 0 Å². The summed E-state index contributed by atoms with van der Waals surface area (Å²) in [7, 11) is 0. The Morgan fingerprint density at radius 1 is 1.21 bits per heavy atom. The lowest BCUT2D eigenvalue weighted by Crippen LogP contribution is -2.13. The van der Waals surface area contributed by atoms with E-state index in [1.54, 1.807) is 12.5 Å². The minimum Gasteiger partial charge on any atom is -0.345 e. The fraction of sp³-hybridized carbons (Fsp3) is 0. The summed E-state index contributed by atoms with van der Waals surface area (Å²) in [5, 5.41) is 8.85. The van der Waals surface area contributed by atoms with E-state index >= 15 is 0 Å². The Labute approximate surface area is 108 Å². The standard InChI is InChI=1S/C12H10N6O/c19-12(11-15-7-16-18-11)17-9-3-1-8(2-4-9)10-5-13-6-14-10/h1-7H,(H,13,14)(H,17,19)(H,15,16,18). The molecule has 3 rings (SSSR count). The Balaban J connectivity index is 1.75. The SMILES string of the molecule is O=C(Nc1ccc(-c2cnc[nH]2)cc1)c1ncn[nH]1. The molecule has 0 saturated carbocycles. The third kappa shape index (κ3) is 2.34. The van der Waals surface area contributed by atoms with Crippen molar-refractivity contribution < 1.29 is 4.79 Å². The zero-order chi connectivity index (χ0) is 13.1. The molecule has 0 saturated heterocycles. The molecule has 0 aliphatic rings. The van der Waals surface area contributed by atoms with Gasteiger partial charge in [-0.2, -0.15) is 5.10 Å². The van der Waals surface area contributed by atoms with Gasteiger partial charge in [0.2, 0.25) is 5.82 Å². The Kier molecular flexibility index (Phi) is 2.77. The molecule has 2 heterocycles. The number of H-pyrrole nitrogens is 2. The number of hydrogen-bond donors (Lipinski definition) is 3. The van der Waals surface area contributed by atoms with Crippen molar-refractivity contribution in [3.8, 4) is 11.3 Å². The monoisotopic (exact) mass is 254 g/mol. The van der Waals surface area contributed by atoms with Crippen LogP contribution in [0, 0.1) is 0 Å². The van der Waals surface area contributed by atoms with Gasteiger partial charge in [0.05, 0.1) is 18.2 Å². The van der Waals surface area contributed by atoms with Crippen LogP contribution in [0.5, 0.6) is 0 Å². The number of carbonyl (C=O) groups excluding carboxylic acids is 1. The van der Waals surface area contributed by atoms with Gasteiger partial charge < -0.3 is 10.3 Å². The van der Waals surface area contributed by atoms with Crippen LogP contribution >= 0.6 is 0 Å². The lowest BCUT2D eigenvalue weighted by atomic mass is 10.1. The van der Waals surface area contributed by atoms with Crippen molar-refractivity contribution in [1.29, 1.82) is 0 Å². The average Bonchev–Trinajstić information content (AvgIpc) is 3.13. The quantitative estimate of drug-likeness (QED) is 0.658. The molecule has 7 nitrogen and oxygen atoms in total. The van der Waals surface area contributed by atoms with E-state index in [9.17, 15) is 4.79 Å². The van der Waals surface area contributed by atoms with Crippen molar-refractivity contribution in [3.63, 3.8) is 0 Å². The van der Waals surface area contributed by atoms with Crippen LogP contribution in [0.15, 0.2) is 43.1 Å². The Morgan fingerprint density at radius 3 is 2.68 bits per heavy atom. The van der Waals surface area contributed by atoms with Crippen LogP contribution in [0.1, 0.15) is 10.6 Å². The van der Waals surface area contributed by atoms with Crippen LogP contribution in [-0.4, -0.2) is 31.1 Å². The molecule has 2 aromatic heterocycles. The van der Waals surface area contributed by atoms with Crippen molar-refractivity contribution in [2.24, 2.45) is 0 Å². The molecular formula is C12H10N6O. The van der Waals surface area contributed by atoms with Gasteiger partial charge in [0.15, 0.2) is 0 Å². The molecule has 0 radical (unpaired) electrons. The van der Waals surface area contributed by atoms with Gasteiger partial charge in [0, 0.05) is 5.69 Å². The third-order valence-corrected chi connectivity index (χ3v) is 2.58. The van der Waals surface area contributed by atoms with E-state index in [-0.39, 0.29) is 11.7 Å².